The zero-order chi connectivity index (χ0) is 16.2. The number of benzene rings is 1. The maximum absolute atomic E-state index is 12.4. The molecule has 2 aromatic heterocycles. The molecule has 1 aromatic carbocycles. The quantitative estimate of drug-likeness (QED) is 0.740. The fraction of sp³-hybridized carbons (Fsp3) is 0.312. The SMILES string of the molecule is CN(C)CCNC(=O)c1oc2ncnn2c1Cc1ccccc1. The number of hydrogen-bond donors (Lipinski definition) is 1. The molecule has 7 heteroatoms. The summed E-state index contributed by atoms with van der Waals surface area (Å²) >= 11 is 0. The summed E-state index contributed by atoms with van der Waals surface area (Å²) in [6, 6.07) is 9.89. The minimum Gasteiger partial charge on any atom is -0.416 e. The summed E-state index contributed by atoms with van der Waals surface area (Å²) in [5.74, 6) is 0.349. The number of amides is 1. The van der Waals surface area contributed by atoms with E-state index in [-0.39, 0.29) is 11.7 Å². The highest BCUT2D eigenvalue weighted by atomic mass is 16.4. The van der Waals surface area contributed by atoms with Crippen LogP contribution in [0.25, 0.3) is 5.84 Å². The first-order valence-corrected chi connectivity index (χ1v) is 7.43. The number of nitrogens with one attached hydrogen (secondary N) is 1. The van der Waals surface area contributed by atoms with E-state index >= 15 is 0 Å². The second kappa shape index (κ2) is 6.62. The molecule has 0 aliphatic carbocycles. The number of carbonyl (C=O) groups excluding carboxylic acids is 1. The zero-order valence-electron chi connectivity index (χ0n) is 13.2. The summed E-state index contributed by atoms with van der Waals surface area (Å²) < 4.78 is 7.17. The molecule has 3 rings (SSSR count). The van der Waals surface area contributed by atoms with Crippen LogP contribution >= 0.6 is 0 Å². The van der Waals surface area contributed by atoms with Gasteiger partial charge >= 0.3 is 5.84 Å². The summed E-state index contributed by atoms with van der Waals surface area (Å²) in [5.41, 5.74) is 1.78. The van der Waals surface area contributed by atoms with Gasteiger partial charge in [0, 0.05) is 19.5 Å². The van der Waals surface area contributed by atoms with Crippen LogP contribution in [0, 0.1) is 0 Å². The zero-order valence-corrected chi connectivity index (χ0v) is 13.2. The van der Waals surface area contributed by atoms with Gasteiger partial charge in [0.05, 0.1) is 0 Å². The van der Waals surface area contributed by atoms with Gasteiger partial charge in [0.2, 0.25) is 5.76 Å². The molecule has 0 saturated carbocycles. The highest BCUT2D eigenvalue weighted by Gasteiger charge is 2.22. The number of carbonyl (C=O) groups is 1. The summed E-state index contributed by atoms with van der Waals surface area (Å²) in [5, 5.41) is 7.01. The van der Waals surface area contributed by atoms with Crippen molar-refractivity contribution in [1.29, 1.82) is 0 Å². The van der Waals surface area contributed by atoms with Gasteiger partial charge in [-0.2, -0.15) is 14.6 Å². The van der Waals surface area contributed by atoms with E-state index in [0.29, 0.717) is 24.5 Å². The first-order valence-electron chi connectivity index (χ1n) is 7.43. The molecule has 2 heterocycles. The van der Waals surface area contributed by atoms with Crippen LogP contribution in [0.5, 0.6) is 0 Å². The Hall–Kier alpha value is -2.67. The smallest absolute Gasteiger partial charge is 0.325 e. The van der Waals surface area contributed by atoms with Gasteiger partial charge in [-0.3, -0.25) is 4.79 Å². The van der Waals surface area contributed by atoms with Crippen LogP contribution in [-0.2, 0) is 6.42 Å². The molecule has 0 spiro atoms. The topological polar surface area (TPSA) is 75.7 Å². The molecule has 0 unspecified atom stereocenters. The Morgan fingerprint density at radius 3 is 2.83 bits per heavy atom. The lowest BCUT2D eigenvalue weighted by molar-refractivity contribution is 0.0924. The molecule has 0 bridgehead atoms. The average molecular weight is 313 g/mol. The second-order valence-electron chi connectivity index (χ2n) is 5.55. The number of fused-ring (bicyclic) bond motifs is 1. The van der Waals surface area contributed by atoms with Crippen LogP contribution in [-0.4, -0.2) is 52.6 Å². The Morgan fingerprint density at radius 2 is 2.09 bits per heavy atom. The van der Waals surface area contributed by atoms with Crippen LogP contribution < -0.4 is 5.32 Å². The van der Waals surface area contributed by atoms with Crippen molar-refractivity contribution in [2.75, 3.05) is 27.2 Å². The predicted octanol–water partition coefficient (Wildman–Crippen LogP) is 1.20. The van der Waals surface area contributed by atoms with E-state index in [1.165, 1.54) is 6.33 Å². The number of hydrogen-bond acceptors (Lipinski definition) is 5. The normalized spacial score (nSPS) is 11.3. The van der Waals surface area contributed by atoms with Gasteiger partial charge in [-0.1, -0.05) is 30.3 Å². The van der Waals surface area contributed by atoms with Crippen LogP contribution in [0.2, 0.25) is 0 Å². The van der Waals surface area contributed by atoms with Gasteiger partial charge in [-0.25, -0.2) is 0 Å². The van der Waals surface area contributed by atoms with Crippen molar-refractivity contribution in [2.24, 2.45) is 0 Å². The third-order valence-electron chi connectivity index (χ3n) is 3.49. The van der Waals surface area contributed by atoms with E-state index in [9.17, 15) is 4.79 Å². The Balaban J connectivity index is 1.86. The van der Waals surface area contributed by atoms with Gasteiger partial charge in [-0.15, -0.1) is 0 Å². The predicted molar refractivity (Wildman–Crippen MR) is 85.4 cm³/mol. The molecule has 1 amide bonds. The van der Waals surface area contributed by atoms with Crippen molar-refractivity contribution in [1.82, 2.24) is 24.8 Å². The van der Waals surface area contributed by atoms with E-state index in [0.717, 1.165) is 12.1 Å². The first-order chi connectivity index (χ1) is 11.1. The summed E-state index contributed by atoms with van der Waals surface area (Å²) in [6.07, 6.45) is 1.97. The van der Waals surface area contributed by atoms with Crippen molar-refractivity contribution in [3.8, 4) is 0 Å². The number of likely N-dealkylation sites (N-methyl/N-ethyl adjacent to an activating group) is 1. The molecule has 0 radical (unpaired) electrons. The number of aromatic nitrogens is 3. The Labute approximate surface area is 133 Å². The molecule has 0 saturated heterocycles. The van der Waals surface area contributed by atoms with Crippen molar-refractivity contribution in [3.05, 3.63) is 53.7 Å². The first kappa shape index (κ1) is 15.2. The lowest BCUT2D eigenvalue weighted by Crippen LogP contribution is -2.31. The van der Waals surface area contributed by atoms with Gasteiger partial charge in [-0.05, 0) is 19.7 Å². The maximum Gasteiger partial charge on any atom is 0.325 e. The lowest BCUT2D eigenvalue weighted by Gasteiger charge is -2.10. The van der Waals surface area contributed by atoms with E-state index in [1.807, 2.05) is 49.3 Å². The van der Waals surface area contributed by atoms with Gasteiger partial charge in [0.15, 0.2) is 0 Å². The van der Waals surface area contributed by atoms with E-state index in [1.54, 1.807) is 4.52 Å². The fourth-order valence-corrected chi connectivity index (χ4v) is 2.33. The molecule has 1 N–H and O–H groups in total. The van der Waals surface area contributed by atoms with Crippen molar-refractivity contribution < 1.29 is 9.21 Å². The van der Waals surface area contributed by atoms with Crippen LogP contribution in [0.3, 0.4) is 0 Å². The molecule has 7 nitrogen and oxygen atoms in total. The molecular weight excluding hydrogens is 294 g/mol. The van der Waals surface area contributed by atoms with E-state index in [2.05, 4.69) is 15.4 Å². The van der Waals surface area contributed by atoms with Gasteiger partial charge in [0.1, 0.15) is 12.0 Å². The summed E-state index contributed by atoms with van der Waals surface area (Å²) in [7, 11) is 3.91. The molecule has 0 aliphatic heterocycles. The monoisotopic (exact) mass is 313 g/mol. The second-order valence-corrected chi connectivity index (χ2v) is 5.55. The number of oxazole rings is 1. The molecule has 0 fully saturated rings. The van der Waals surface area contributed by atoms with Crippen LogP contribution in [0.15, 0.2) is 41.1 Å². The van der Waals surface area contributed by atoms with Crippen molar-refractivity contribution in [3.63, 3.8) is 0 Å². The minimum atomic E-state index is -0.245. The third-order valence-corrected chi connectivity index (χ3v) is 3.49. The Kier molecular flexibility index (Phi) is 4.38. The number of rotatable bonds is 6. The molecule has 0 aliphatic rings. The summed E-state index contributed by atoms with van der Waals surface area (Å²) in [4.78, 5) is 18.4. The highest BCUT2D eigenvalue weighted by Crippen LogP contribution is 2.18. The Bertz CT molecular complexity index is 791. The average Bonchev–Trinajstić information content (AvgIpc) is 3.10. The summed E-state index contributed by atoms with van der Waals surface area (Å²) in [6.45, 7) is 1.31. The highest BCUT2D eigenvalue weighted by molar-refractivity contribution is 5.93. The van der Waals surface area contributed by atoms with Crippen LogP contribution in [0.4, 0.5) is 0 Å². The van der Waals surface area contributed by atoms with Crippen LogP contribution in [0.1, 0.15) is 21.8 Å². The van der Waals surface area contributed by atoms with Crippen molar-refractivity contribution >= 4 is 11.8 Å². The number of nitrogens with zero attached hydrogens (tertiary/aromatic N) is 4. The van der Waals surface area contributed by atoms with E-state index in [4.69, 9.17) is 4.42 Å². The molecule has 3 aromatic rings. The van der Waals surface area contributed by atoms with E-state index < -0.39 is 0 Å². The maximum atomic E-state index is 12.4. The molecule has 0 atom stereocenters. The van der Waals surface area contributed by atoms with Crippen molar-refractivity contribution in [2.45, 2.75) is 6.42 Å². The standard InChI is InChI=1S/C16H19N5O2/c1-20(2)9-8-17-15(22)14-13(10-12-6-4-3-5-7-12)21-16(23-14)18-11-19-21/h3-7,11H,8-10H2,1-2H3,(H,17,22). The van der Waals surface area contributed by atoms with Gasteiger partial charge in [0.25, 0.3) is 5.91 Å². The van der Waals surface area contributed by atoms with Gasteiger partial charge < -0.3 is 14.6 Å². The fourth-order valence-electron chi connectivity index (χ4n) is 2.33. The minimum absolute atomic E-state index is 0.245. The molecule has 120 valence electrons. The Morgan fingerprint density at radius 1 is 1.30 bits per heavy atom. The third kappa shape index (κ3) is 3.40. The molecular formula is C16H19N5O2. The molecule has 23 heavy (non-hydrogen) atoms. The lowest BCUT2D eigenvalue weighted by atomic mass is 10.1. The largest absolute Gasteiger partial charge is 0.416 e.